The number of unbranched alkanes of at least 4 members (excludes halogenated alkanes) is 2. The SMILES string of the molecule is CCCCCNC(=O)c1cc(F)c(F)c(F)c1. The van der Waals surface area contributed by atoms with Crippen molar-refractivity contribution >= 4 is 5.91 Å². The summed E-state index contributed by atoms with van der Waals surface area (Å²) < 4.78 is 38.3. The van der Waals surface area contributed by atoms with Crippen molar-refractivity contribution in [2.24, 2.45) is 0 Å². The highest BCUT2D eigenvalue weighted by atomic mass is 19.2. The fourth-order valence-electron chi connectivity index (χ4n) is 1.37. The zero-order valence-electron chi connectivity index (χ0n) is 9.53. The zero-order valence-corrected chi connectivity index (χ0v) is 9.53. The molecule has 0 aliphatic rings. The molecule has 0 atom stereocenters. The van der Waals surface area contributed by atoms with Gasteiger partial charge in [-0.2, -0.15) is 0 Å². The third kappa shape index (κ3) is 3.76. The topological polar surface area (TPSA) is 29.1 Å². The molecule has 2 nitrogen and oxygen atoms in total. The molecule has 0 heterocycles. The van der Waals surface area contributed by atoms with E-state index in [1.807, 2.05) is 6.92 Å². The van der Waals surface area contributed by atoms with Gasteiger partial charge >= 0.3 is 0 Å². The van der Waals surface area contributed by atoms with Crippen LogP contribution in [0, 0.1) is 17.5 Å². The third-order valence-corrected chi connectivity index (χ3v) is 2.31. The molecular weight excluding hydrogens is 231 g/mol. The van der Waals surface area contributed by atoms with Crippen LogP contribution in [-0.2, 0) is 0 Å². The van der Waals surface area contributed by atoms with Gasteiger partial charge in [-0.1, -0.05) is 19.8 Å². The molecule has 0 fully saturated rings. The van der Waals surface area contributed by atoms with E-state index in [1.54, 1.807) is 0 Å². The number of nitrogens with one attached hydrogen (secondary N) is 1. The number of halogens is 3. The summed E-state index contributed by atoms with van der Waals surface area (Å²) in [6.45, 7) is 2.46. The average molecular weight is 245 g/mol. The van der Waals surface area contributed by atoms with Gasteiger partial charge in [0, 0.05) is 12.1 Å². The van der Waals surface area contributed by atoms with Crippen LogP contribution in [0.15, 0.2) is 12.1 Å². The third-order valence-electron chi connectivity index (χ3n) is 2.31. The number of amides is 1. The van der Waals surface area contributed by atoms with E-state index in [9.17, 15) is 18.0 Å². The Morgan fingerprint density at radius 3 is 2.29 bits per heavy atom. The first-order valence-electron chi connectivity index (χ1n) is 5.49. The van der Waals surface area contributed by atoms with Gasteiger partial charge < -0.3 is 5.32 Å². The van der Waals surface area contributed by atoms with Gasteiger partial charge in [-0.05, 0) is 18.6 Å². The summed E-state index contributed by atoms with van der Waals surface area (Å²) in [4.78, 5) is 11.5. The second kappa shape index (κ2) is 6.27. The molecule has 17 heavy (non-hydrogen) atoms. The van der Waals surface area contributed by atoms with Crippen LogP contribution in [0.3, 0.4) is 0 Å². The van der Waals surface area contributed by atoms with E-state index >= 15 is 0 Å². The van der Waals surface area contributed by atoms with Gasteiger partial charge in [-0.25, -0.2) is 13.2 Å². The lowest BCUT2D eigenvalue weighted by Crippen LogP contribution is -2.24. The van der Waals surface area contributed by atoms with E-state index < -0.39 is 23.4 Å². The minimum atomic E-state index is -1.56. The molecule has 94 valence electrons. The second-order valence-electron chi connectivity index (χ2n) is 3.72. The van der Waals surface area contributed by atoms with Crippen LogP contribution in [-0.4, -0.2) is 12.5 Å². The summed E-state index contributed by atoms with van der Waals surface area (Å²) in [5, 5.41) is 2.51. The summed E-state index contributed by atoms with van der Waals surface area (Å²) in [6, 6.07) is 1.38. The molecule has 0 aliphatic heterocycles. The number of hydrogen-bond acceptors (Lipinski definition) is 1. The van der Waals surface area contributed by atoms with Gasteiger partial charge in [-0.3, -0.25) is 4.79 Å². The van der Waals surface area contributed by atoms with Gasteiger partial charge in [0.25, 0.3) is 5.91 Å². The molecule has 1 amide bonds. The standard InChI is InChI=1S/C12H14F3NO/c1-2-3-4-5-16-12(17)8-6-9(13)11(15)10(14)7-8/h6-7H,2-5H2,1H3,(H,16,17). The molecule has 0 radical (unpaired) electrons. The Balaban J connectivity index is 2.63. The Bertz CT molecular complexity index is 384. The molecular formula is C12H14F3NO. The summed E-state index contributed by atoms with van der Waals surface area (Å²) in [6.07, 6.45) is 2.77. The van der Waals surface area contributed by atoms with E-state index in [0.717, 1.165) is 19.3 Å². The molecule has 1 aromatic carbocycles. The van der Waals surface area contributed by atoms with Crippen LogP contribution < -0.4 is 5.32 Å². The van der Waals surface area contributed by atoms with E-state index in [1.165, 1.54) is 0 Å². The highest BCUT2D eigenvalue weighted by Gasteiger charge is 2.14. The number of carbonyl (C=O) groups excluding carboxylic acids is 1. The molecule has 0 aliphatic carbocycles. The van der Waals surface area contributed by atoms with Gasteiger partial charge in [-0.15, -0.1) is 0 Å². The predicted octanol–water partition coefficient (Wildman–Crippen LogP) is 3.02. The minimum Gasteiger partial charge on any atom is -0.352 e. The number of rotatable bonds is 5. The summed E-state index contributed by atoms with van der Waals surface area (Å²) in [5.41, 5.74) is -0.210. The molecule has 1 N–H and O–H groups in total. The van der Waals surface area contributed by atoms with E-state index in [-0.39, 0.29) is 5.56 Å². The Morgan fingerprint density at radius 2 is 1.76 bits per heavy atom. The molecule has 1 aromatic rings. The number of benzene rings is 1. The first-order valence-corrected chi connectivity index (χ1v) is 5.49. The lowest BCUT2D eigenvalue weighted by molar-refractivity contribution is 0.0952. The van der Waals surface area contributed by atoms with Crippen LogP contribution in [0.25, 0.3) is 0 Å². The smallest absolute Gasteiger partial charge is 0.251 e. The van der Waals surface area contributed by atoms with E-state index in [4.69, 9.17) is 0 Å². The molecule has 0 unspecified atom stereocenters. The van der Waals surface area contributed by atoms with Crippen molar-refractivity contribution in [2.75, 3.05) is 6.54 Å². The van der Waals surface area contributed by atoms with Crippen molar-refractivity contribution in [1.82, 2.24) is 5.32 Å². The molecule has 5 heteroatoms. The summed E-state index contributed by atoms with van der Waals surface area (Å²) in [5.74, 6) is -4.88. The van der Waals surface area contributed by atoms with Crippen molar-refractivity contribution in [3.8, 4) is 0 Å². The average Bonchev–Trinajstić information content (AvgIpc) is 2.30. The van der Waals surface area contributed by atoms with Crippen molar-refractivity contribution in [2.45, 2.75) is 26.2 Å². The van der Waals surface area contributed by atoms with Gasteiger partial charge in [0.05, 0.1) is 0 Å². The van der Waals surface area contributed by atoms with E-state index in [0.29, 0.717) is 18.7 Å². The predicted molar refractivity (Wildman–Crippen MR) is 58.2 cm³/mol. The molecule has 0 spiro atoms. The highest BCUT2D eigenvalue weighted by molar-refractivity contribution is 5.94. The minimum absolute atomic E-state index is 0.210. The molecule has 0 saturated carbocycles. The van der Waals surface area contributed by atoms with Gasteiger partial charge in [0.1, 0.15) is 0 Å². The largest absolute Gasteiger partial charge is 0.352 e. The van der Waals surface area contributed by atoms with Gasteiger partial charge in [0.15, 0.2) is 17.5 Å². The number of carbonyl (C=O) groups is 1. The molecule has 1 rings (SSSR count). The van der Waals surface area contributed by atoms with Crippen LogP contribution in [0.4, 0.5) is 13.2 Å². The summed E-state index contributed by atoms with van der Waals surface area (Å²) >= 11 is 0. The molecule has 0 bridgehead atoms. The number of hydrogen-bond donors (Lipinski definition) is 1. The van der Waals surface area contributed by atoms with E-state index in [2.05, 4.69) is 5.32 Å². The van der Waals surface area contributed by atoms with Crippen LogP contribution in [0.1, 0.15) is 36.5 Å². The maximum atomic E-state index is 12.8. The molecule has 0 aromatic heterocycles. The monoisotopic (exact) mass is 245 g/mol. The second-order valence-corrected chi connectivity index (χ2v) is 3.72. The maximum absolute atomic E-state index is 12.8. The van der Waals surface area contributed by atoms with Crippen molar-refractivity contribution in [1.29, 1.82) is 0 Å². The lowest BCUT2D eigenvalue weighted by atomic mass is 10.2. The van der Waals surface area contributed by atoms with Crippen molar-refractivity contribution in [3.05, 3.63) is 35.1 Å². The first kappa shape index (κ1) is 13.5. The highest BCUT2D eigenvalue weighted by Crippen LogP contribution is 2.13. The fraction of sp³-hybridized carbons (Fsp3) is 0.417. The van der Waals surface area contributed by atoms with Crippen LogP contribution in [0.5, 0.6) is 0 Å². The lowest BCUT2D eigenvalue weighted by Gasteiger charge is -2.05. The Hall–Kier alpha value is -1.52. The van der Waals surface area contributed by atoms with Crippen molar-refractivity contribution < 1.29 is 18.0 Å². The maximum Gasteiger partial charge on any atom is 0.251 e. The van der Waals surface area contributed by atoms with Crippen LogP contribution in [0.2, 0.25) is 0 Å². The van der Waals surface area contributed by atoms with Crippen LogP contribution >= 0.6 is 0 Å². The Labute approximate surface area is 97.8 Å². The quantitative estimate of drug-likeness (QED) is 0.627. The van der Waals surface area contributed by atoms with Crippen molar-refractivity contribution in [3.63, 3.8) is 0 Å². The Morgan fingerprint density at radius 1 is 1.18 bits per heavy atom. The summed E-state index contributed by atoms with van der Waals surface area (Å²) in [7, 11) is 0. The Kier molecular flexibility index (Phi) is 5.00. The zero-order chi connectivity index (χ0) is 12.8. The fourth-order valence-corrected chi connectivity index (χ4v) is 1.37. The first-order chi connectivity index (χ1) is 8.06. The molecule has 0 saturated heterocycles. The van der Waals surface area contributed by atoms with Gasteiger partial charge in [0.2, 0.25) is 0 Å². The normalized spacial score (nSPS) is 10.4.